The first-order chi connectivity index (χ1) is 17.5. The standard InChI is InChI=1S/C29H33NO6/c1-5-26(31)19-6-8-20(9-7-19)29(32)30-15-14-21-16-27(34-3)28(35-4)17-24(21)25(30)18-36-23-12-10-22(33-2)11-13-23/h6-13,16-17,25,31-32H,5,14-15,18H2,1-4H3. The van der Waals surface area contributed by atoms with Crippen LogP contribution >= 0.6 is 0 Å². The Morgan fingerprint density at radius 1 is 0.833 bits per heavy atom. The van der Waals surface area contributed by atoms with E-state index in [1.807, 2.05) is 72.5 Å². The first-order valence-corrected chi connectivity index (χ1v) is 12.0. The Kier molecular flexibility index (Phi) is 7.78. The second-order valence-corrected chi connectivity index (χ2v) is 8.55. The highest BCUT2D eigenvalue weighted by molar-refractivity contribution is 5.51. The molecule has 2 N–H and O–H groups in total. The van der Waals surface area contributed by atoms with Gasteiger partial charge in [0.15, 0.2) is 17.4 Å². The van der Waals surface area contributed by atoms with E-state index in [0.717, 1.165) is 28.5 Å². The van der Waals surface area contributed by atoms with Gasteiger partial charge in [-0.25, -0.2) is 0 Å². The van der Waals surface area contributed by atoms with Gasteiger partial charge in [-0.05, 0) is 66.1 Å². The second kappa shape index (κ2) is 11.2. The molecule has 190 valence electrons. The number of aliphatic hydroxyl groups excluding tert-OH is 2. The molecule has 1 heterocycles. The average Bonchev–Trinajstić information content (AvgIpc) is 2.94. The van der Waals surface area contributed by atoms with Crippen molar-refractivity contribution in [3.05, 3.63) is 82.2 Å². The Morgan fingerprint density at radius 2 is 1.44 bits per heavy atom. The number of hydrogen-bond acceptors (Lipinski definition) is 7. The van der Waals surface area contributed by atoms with Crippen molar-refractivity contribution >= 4 is 11.6 Å². The molecule has 1 atom stereocenters. The largest absolute Gasteiger partial charge is 0.512 e. The normalized spacial score (nSPS) is 14.6. The Balaban J connectivity index is 1.74. The highest BCUT2D eigenvalue weighted by Gasteiger charge is 2.31. The number of methoxy groups -OCH3 is 3. The van der Waals surface area contributed by atoms with Crippen molar-refractivity contribution in [2.75, 3.05) is 34.5 Å². The molecule has 0 fully saturated rings. The number of aliphatic hydroxyl groups is 2. The summed E-state index contributed by atoms with van der Waals surface area (Å²) in [6.07, 6.45) is 1.27. The van der Waals surface area contributed by atoms with Crippen LogP contribution in [0.3, 0.4) is 0 Å². The lowest BCUT2D eigenvalue weighted by Crippen LogP contribution is -2.39. The molecule has 0 radical (unpaired) electrons. The third-order valence-electron chi connectivity index (χ3n) is 6.55. The summed E-state index contributed by atoms with van der Waals surface area (Å²) in [5, 5.41) is 22.8. The molecule has 3 aromatic carbocycles. The first kappa shape index (κ1) is 25.1. The van der Waals surface area contributed by atoms with Gasteiger partial charge in [0.1, 0.15) is 18.1 Å². The summed E-state index contributed by atoms with van der Waals surface area (Å²) in [4.78, 5) is 1.95. The van der Waals surface area contributed by atoms with Crippen molar-refractivity contribution in [2.45, 2.75) is 25.8 Å². The van der Waals surface area contributed by atoms with Crippen molar-refractivity contribution < 1.29 is 29.2 Å². The number of benzene rings is 3. The van der Waals surface area contributed by atoms with E-state index in [4.69, 9.17) is 18.9 Å². The van der Waals surface area contributed by atoms with Gasteiger partial charge in [-0.1, -0.05) is 19.1 Å². The van der Waals surface area contributed by atoms with Gasteiger partial charge >= 0.3 is 0 Å². The molecule has 4 rings (SSSR count). The fourth-order valence-corrected chi connectivity index (χ4v) is 4.49. The van der Waals surface area contributed by atoms with Gasteiger partial charge in [0, 0.05) is 23.4 Å². The summed E-state index contributed by atoms with van der Waals surface area (Å²) in [6, 6.07) is 18.4. The molecule has 0 aliphatic carbocycles. The molecule has 7 nitrogen and oxygen atoms in total. The van der Waals surface area contributed by atoms with E-state index < -0.39 is 0 Å². The minimum Gasteiger partial charge on any atom is -0.512 e. The van der Waals surface area contributed by atoms with Crippen molar-refractivity contribution in [2.24, 2.45) is 0 Å². The molecule has 0 saturated heterocycles. The van der Waals surface area contributed by atoms with Crippen LogP contribution in [-0.4, -0.2) is 49.6 Å². The minimum atomic E-state index is -0.272. The number of hydrogen-bond donors (Lipinski definition) is 2. The zero-order valence-electron chi connectivity index (χ0n) is 21.2. The maximum absolute atomic E-state index is 11.4. The summed E-state index contributed by atoms with van der Waals surface area (Å²) in [5.74, 6) is 3.24. The quantitative estimate of drug-likeness (QED) is 0.491. The predicted molar refractivity (Wildman–Crippen MR) is 139 cm³/mol. The zero-order valence-corrected chi connectivity index (χ0v) is 21.2. The van der Waals surface area contributed by atoms with Crippen LogP contribution in [-0.2, 0) is 6.42 Å². The SMILES string of the molecule is CCC(O)=c1ccc(=C(O)N2CCc3cc(OC)c(OC)cc3C2COc2ccc(OC)cc2)cc1. The van der Waals surface area contributed by atoms with Crippen molar-refractivity contribution in [1.29, 1.82) is 0 Å². The van der Waals surface area contributed by atoms with Crippen LogP contribution in [0, 0.1) is 0 Å². The van der Waals surface area contributed by atoms with Crippen LogP contribution in [0.4, 0.5) is 0 Å². The topological polar surface area (TPSA) is 80.6 Å². The van der Waals surface area contributed by atoms with Gasteiger partial charge in [0.2, 0.25) is 0 Å². The third kappa shape index (κ3) is 5.15. The smallest absolute Gasteiger partial charge is 0.194 e. The molecule has 0 amide bonds. The second-order valence-electron chi connectivity index (χ2n) is 8.55. The molecular weight excluding hydrogens is 458 g/mol. The third-order valence-corrected chi connectivity index (χ3v) is 6.55. The summed E-state index contributed by atoms with van der Waals surface area (Å²) >= 11 is 0. The molecule has 0 bridgehead atoms. The van der Waals surface area contributed by atoms with Gasteiger partial charge in [-0.2, -0.15) is 0 Å². The molecule has 36 heavy (non-hydrogen) atoms. The van der Waals surface area contributed by atoms with Gasteiger partial charge in [0.05, 0.1) is 33.1 Å². The molecule has 1 unspecified atom stereocenters. The summed E-state index contributed by atoms with van der Waals surface area (Å²) in [7, 11) is 4.86. The van der Waals surface area contributed by atoms with Gasteiger partial charge in [-0.15, -0.1) is 0 Å². The van der Waals surface area contributed by atoms with Crippen LogP contribution in [0.1, 0.15) is 30.5 Å². The number of ether oxygens (including phenoxy) is 4. The monoisotopic (exact) mass is 491 g/mol. The Hall–Kier alpha value is -4.00. The minimum absolute atomic E-state index is 0.154. The Labute approximate surface area is 211 Å². The van der Waals surface area contributed by atoms with Crippen molar-refractivity contribution in [3.63, 3.8) is 0 Å². The van der Waals surface area contributed by atoms with Gasteiger partial charge < -0.3 is 34.1 Å². The Bertz CT molecular complexity index is 1300. The molecule has 3 aromatic rings. The predicted octanol–water partition coefficient (Wildman–Crippen LogP) is 4.09. The van der Waals surface area contributed by atoms with E-state index in [0.29, 0.717) is 47.8 Å². The summed E-state index contributed by atoms with van der Waals surface area (Å²) in [5.41, 5.74) is 2.13. The molecule has 7 heteroatoms. The fourth-order valence-electron chi connectivity index (χ4n) is 4.49. The highest BCUT2D eigenvalue weighted by atomic mass is 16.5. The van der Waals surface area contributed by atoms with E-state index in [1.54, 1.807) is 21.3 Å². The lowest BCUT2D eigenvalue weighted by molar-refractivity contribution is 0.147. The Morgan fingerprint density at radius 3 is 2.06 bits per heavy atom. The van der Waals surface area contributed by atoms with Crippen LogP contribution in [0.5, 0.6) is 23.0 Å². The van der Waals surface area contributed by atoms with Gasteiger partial charge in [0.25, 0.3) is 0 Å². The maximum atomic E-state index is 11.4. The molecule has 1 aliphatic rings. The van der Waals surface area contributed by atoms with Crippen LogP contribution < -0.4 is 29.4 Å². The van der Waals surface area contributed by atoms with Crippen molar-refractivity contribution in [1.82, 2.24) is 4.90 Å². The molecule has 0 aromatic heterocycles. The zero-order chi connectivity index (χ0) is 25.7. The van der Waals surface area contributed by atoms with Crippen LogP contribution in [0.25, 0.3) is 11.6 Å². The number of rotatable bonds is 8. The van der Waals surface area contributed by atoms with E-state index in [-0.39, 0.29) is 11.9 Å². The average molecular weight is 492 g/mol. The summed E-state index contributed by atoms with van der Waals surface area (Å²) in [6.45, 7) is 2.80. The van der Waals surface area contributed by atoms with E-state index >= 15 is 0 Å². The number of nitrogens with zero attached hydrogens (tertiary/aromatic N) is 1. The van der Waals surface area contributed by atoms with E-state index in [9.17, 15) is 10.2 Å². The van der Waals surface area contributed by atoms with Gasteiger partial charge in [-0.3, -0.25) is 0 Å². The maximum Gasteiger partial charge on any atom is 0.194 e. The molecule has 0 saturated carbocycles. The van der Waals surface area contributed by atoms with Crippen LogP contribution in [0.2, 0.25) is 0 Å². The highest BCUT2D eigenvalue weighted by Crippen LogP contribution is 2.39. The van der Waals surface area contributed by atoms with E-state index in [2.05, 4.69) is 0 Å². The molecule has 1 aliphatic heterocycles. The van der Waals surface area contributed by atoms with Crippen LogP contribution in [0.15, 0.2) is 60.7 Å². The fraction of sp³-hybridized carbons (Fsp3) is 0.310. The lowest BCUT2D eigenvalue weighted by atomic mass is 9.92. The molecule has 0 spiro atoms. The van der Waals surface area contributed by atoms with Crippen molar-refractivity contribution in [3.8, 4) is 23.0 Å². The lowest BCUT2D eigenvalue weighted by Gasteiger charge is -2.38. The molecular formula is C29H33NO6. The first-order valence-electron chi connectivity index (χ1n) is 12.0. The van der Waals surface area contributed by atoms with E-state index in [1.165, 1.54) is 0 Å². The summed E-state index contributed by atoms with van der Waals surface area (Å²) < 4.78 is 22.5. The number of fused-ring (bicyclic) bond motifs is 1.